The Kier molecular flexibility index (Phi) is 6.08. The van der Waals surface area contributed by atoms with Crippen molar-refractivity contribution in [3.63, 3.8) is 0 Å². The monoisotopic (exact) mass is 364 g/mol. The van der Waals surface area contributed by atoms with E-state index in [2.05, 4.69) is 71.5 Å². The number of halogens is 1. The molecule has 26 heavy (non-hydrogen) atoms. The van der Waals surface area contributed by atoms with Crippen molar-refractivity contribution in [3.8, 4) is 0 Å². The van der Waals surface area contributed by atoms with Crippen molar-refractivity contribution >= 4 is 29.3 Å². The summed E-state index contributed by atoms with van der Waals surface area (Å²) in [6, 6.07) is 17.8. The highest BCUT2D eigenvalue weighted by molar-refractivity contribution is 5.94. The highest BCUT2D eigenvalue weighted by atomic mass is 35.5. The molecule has 2 nitrogen and oxygen atoms in total. The number of aromatic nitrogens is 1. The fourth-order valence-corrected chi connectivity index (χ4v) is 3.98. The first kappa shape index (κ1) is 18.6. The van der Waals surface area contributed by atoms with E-state index in [0.717, 1.165) is 6.42 Å². The molecule has 1 atom stereocenters. The molecule has 5 rings (SSSR count). The number of hydrogen-bond donors (Lipinski definition) is 0. The van der Waals surface area contributed by atoms with Crippen molar-refractivity contribution in [2.45, 2.75) is 25.3 Å². The van der Waals surface area contributed by atoms with Gasteiger partial charge in [0.2, 0.25) is 0 Å². The molecule has 2 aliphatic rings. The van der Waals surface area contributed by atoms with Crippen LogP contribution in [0.2, 0.25) is 0 Å². The van der Waals surface area contributed by atoms with Crippen LogP contribution in [0.5, 0.6) is 0 Å². The second-order valence-corrected chi connectivity index (χ2v) is 6.89. The Bertz CT molecular complexity index is 884. The van der Waals surface area contributed by atoms with Gasteiger partial charge < -0.3 is 0 Å². The number of allylic oxidation sites excluding steroid dienone is 1. The predicted molar refractivity (Wildman–Crippen MR) is 113 cm³/mol. The Morgan fingerprint density at radius 2 is 1.88 bits per heavy atom. The fraction of sp³-hybridized carbons (Fsp3) is 0.261. The molecular weight excluding hydrogens is 340 g/mol. The molecule has 2 aromatic carbocycles. The van der Waals surface area contributed by atoms with Crippen molar-refractivity contribution in [1.29, 1.82) is 0 Å². The molecule has 0 saturated carbocycles. The van der Waals surface area contributed by atoms with Crippen LogP contribution in [-0.4, -0.2) is 23.5 Å². The lowest BCUT2D eigenvalue weighted by Gasteiger charge is -2.18. The van der Waals surface area contributed by atoms with E-state index in [0.29, 0.717) is 6.04 Å². The quantitative estimate of drug-likeness (QED) is 0.552. The van der Waals surface area contributed by atoms with Crippen LogP contribution >= 0.6 is 12.4 Å². The minimum absolute atomic E-state index is 0. The van der Waals surface area contributed by atoms with E-state index in [9.17, 15) is 0 Å². The minimum Gasteiger partial charge on any atom is -0.299 e. The zero-order chi connectivity index (χ0) is 17.1. The van der Waals surface area contributed by atoms with Gasteiger partial charge in [-0.25, -0.2) is 0 Å². The van der Waals surface area contributed by atoms with Crippen molar-refractivity contribution in [2.75, 3.05) is 13.6 Å². The zero-order valence-corrected chi connectivity index (χ0v) is 16.0. The Labute approximate surface area is 162 Å². The minimum atomic E-state index is 0. The summed E-state index contributed by atoms with van der Waals surface area (Å²) in [6.07, 6.45) is 11.9. The third-order valence-electron chi connectivity index (χ3n) is 5.25. The molecule has 1 saturated heterocycles. The summed E-state index contributed by atoms with van der Waals surface area (Å²) in [5, 5.41) is 2.80. The van der Waals surface area contributed by atoms with Crippen LogP contribution in [0.1, 0.15) is 35.6 Å². The van der Waals surface area contributed by atoms with Crippen molar-refractivity contribution in [2.24, 2.45) is 0 Å². The summed E-state index contributed by atoms with van der Waals surface area (Å²) in [5.41, 5.74) is 4.17. The Morgan fingerprint density at radius 3 is 2.62 bits per heavy atom. The van der Waals surface area contributed by atoms with E-state index in [1.54, 1.807) is 0 Å². The van der Waals surface area contributed by atoms with E-state index in [1.807, 2.05) is 18.5 Å². The van der Waals surface area contributed by atoms with Crippen LogP contribution in [0, 0.1) is 0 Å². The van der Waals surface area contributed by atoms with Crippen LogP contribution in [0.4, 0.5) is 0 Å². The SMILES string of the molecule is C1=Cc2cccc3cccc(c23)C1.CN1CCCC1c1cccnc1.Cl. The van der Waals surface area contributed by atoms with Gasteiger partial charge in [0.25, 0.3) is 0 Å². The standard InChI is InChI=1S/C13H10.C10H14N2.ClH/c1-4-10-6-2-8-12-9-3-7-11(5-1)13(10)12;1-12-7-3-5-10(12)9-4-2-6-11-8-9;/h1-8H,9H2;2,4,6,8,10H,3,5,7H2,1H3;1H. The first-order valence-corrected chi connectivity index (χ1v) is 9.10. The number of rotatable bonds is 1. The molecule has 0 radical (unpaired) electrons. The van der Waals surface area contributed by atoms with Crippen LogP contribution < -0.4 is 0 Å². The van der Waals surface area contributed by atoms with E-state index in [1.165, 1.54) is 46.8 Å². The molecule has 0 bridgehead atoms. The van der Waals surface area contributed by atoms with Crippen LogP contribution in [0.15, 0.2) is 67.0 Å². The summed E-state index contributed by atoms with van der Waals surface area (Å²) in [6.45, 7) is 1.22. The number of nitrogens with zero attached hydrogens (tertiary/aromatic N) is 2. The molecule has 0 N–H and O–H groups in total. The molecule has 3 heteroatoms. The van der Waals surface area contributed by atoms with Gasteiger partial charge in [-0.1, -0.05) is 54.6 Å². The average Bonchev–Trinajstić information content (AvgIpc) is 3.10. The first-order chi connectivity index (χ1) is 12.3. The molecular formula is C23H25ClN2. The van der Waals surface area contributed by atoms with Gasteiger partial charge in [-0.3, -0.25) is 9.88 Å². The predicted octanol–water partition coefficient (Wildman–Crippen LogP) is 5.68. The highest BCUT2D eigenvalue weighted by Gasteiger charge is 2.21. The van der Waals surface area contributed by atoms with Gasteiger partial charge in [0.15, 0.2) is 0 Å². The highest BCUT2D eigenvalue weighted by Crippen LogP contribution is 2.29. The van der Waals surface area contributed by atoms with Gasteiger partial charge in [0.05, 0.1) is 0 Å². The first-order valence-electron chi connectivity index (χ1n) is 9.10. The lowest BCUT2D eigenvalue weighted by molar-refractivity contribution is 0.317. The smallest absolute Gasteiger partial charge is 0.0360 e. The zero-order valence-electron chi connectivity index (χ0n) is 15.1. The summed E-state index contributed by atoms with van der Waals surface area (Å²) in [7, 11) is 2.19. The Morgan fingerprint density at radius 1 is 1.04 bits per heavy atom. The second-order valence-electron chi connectivity index (χ2n) is 6.89. The largest absolute Gasteiger partial charge is 0.299 e. The molecule has 1 fully saturated rings. The van der Waals surface area contributed by atoms with Gasteiger partial charge in [-0.15, -0.1) is 12.4 Å². The molecule has 1 aliphatic heterocycles. The molecule has 0 spiro atoms. The third-order valence-corrected chi connectivity index (χ3v) is 5.25. The van der Waals surface area contributed by atoms with Gasteiger partial charge in [0, 0.05) is 18.4 Å². The normalized spacial score (nSPS) is 18.1. The van der Waals surface area contributed by atoms with Crippen molar-refractivity contribution < 1.29 is 0 Å². The van der Waals surface area contributed by atoms with Gasteiger partial charge >= 0.3 is 0 Å². The molecule has 1 unspecified atom stereocenters. The van der Waals surface area contributed by atoms with E-state index < -0.39 is 0 Å². The maximum atomic E-state index is 4.14. The van der Waals surface area contributed by atoms with E-state index in [4.69, 9.17) is 0 Å². The van der Waals surface area contributed by atoms with E-state index in [-0.39, 0.29) is 12.4 Å². The fourth-order valence-electron chi connectivity index (χ4n) is 3.98. The lowest BCUT2D eigenvalue weighted by Crippen LogP contribution is -2.17. The summed E-state index contributed by atoms with van der Waals surface area (Å²) in [4.78, 5) is 6.54. The lowest BCUT2D eigenvalue weighted by atomic mass is 9.93. The van der Waals surface area contributed by atoms with Crippen LogP contribution in [0.3, 0.4) is 0 Å². The van der Waals surface area contributed by atoms with Gasteiger partial charge in [0.1, 0.15) is 0 Å². The molecule has 3 aromatic rings. The van der Waals surface area contributed by atoms with Crippen LogP contribution in [0.25, 0.3) is 16.8 Å². The number of pyridine rings is 1. The third kappa shape index (κ3) is 3.82. The van der Waals surface area contributed by atoms with E-state index >= 15 is 0 Å². The summed E-state index contributed by atoms with van der Waals surface area (Å²) < 4.78 is 0. The van der Waals surface area contributed by atoms with Gasteiger partial charge in [-0.05, 0) is 66.4 Å². The number of likely N-dealkylation sites (tertiary alicyclic amines) is 1. The van der Waals surface area contributed by atoms with Crippen molar-refractivity contribution in [1.82, 2.24) is 9.88 Å². The van der Waals surface area contributed by atoms with Crippen molar-refractivity contribution in [3.05, 3.63) is 83.7 Å². The number of hydrogen-bond acceptors (Lipinski definition) is 2. The average molecular weight is 365 g/mol. The molecule has 1 aromatic heterocycles. The van der Waals surface area contributed by atoms with Crippen LogP contribution in [-0.2, 0) is 6.42 Å². The Hall–Kier alpha value is -2.16. The summed E-state index contributed by atoms with van der Waals surface area (Å²) in [5.74, 6) is 0. The topological polar surface area (TPSA) is 16.1 Å². The molecule has 1 aliphatic carbocycles. The molecule has 2 heterocycles. The number of benzene rings is 2. The summed E-state index contributed by atoms with van der Waals surface area (Å²) >= 11 is 0. The maximum absolute atomic E-state index is 4.14. The maximum Gasteiger partial charge on any atom is 0.0360 e. The van der Waals surface area contributed by atoms with Gasteiger partial charge in [-0.2, -0.15) is 0 Å². The Balaban J connectivity index is 0.000000146. The molecule has 0 amide bonds. The second kappa shape index (κ2) is 8.48. The molecule has 134 valence electrons.